The van der Waals surface area contributed by atoms with E-state index in [-0.39, 0.29) is 23.1 Å². The van der Waals surface area contributed by atoms with Gasteiger partial charge in [0, 0.05) is 19.6 Å². The molecule has 2 atom stereocenters. The minimum Gasteiger partial charge on any atom is -0.395 e. The fourth-order valence-corrected chi connectivity index (χ4v) is 1.04. The lowest BCUT2D eigenvalue weighted by Gasteiger charge is -2.18. The number of ether oxygens (including phenoxy) is 1. The molecule has 0 radical (unpaired) electrons. The van der Waals surface area contributed by atoms with E-state index in [0.717, 1.165) is 13.2 Å². The van der Waals surface area contributed by atoms with Gasteiger partial charge >= 0.3 is 0 Å². The molecule has 0 spiro atoms. The van der Waals surface area contributed by atoms with Crippen molar-refractivity contribution in [2.45, 2.75) is 6.10 Å². The quantitative estimate of drug-likeness (QED) is 0.410. The van der Waals surface area contributed by atoms with Crippen LogP contribution in [0.15, 0.2) is 0 Å². The molecule has 12 heavy (non-hydrogen) atoms. The summed E-state index contributed by atoms with van der Waals surface area (Å²) in [6.07, 6.45) is 0.341. The first-order chi connectivity index (χ1) is 5.36. The number of rotatable bonds is 6. The van der Waals surface area contributed by atoms with Crippen LogP contribution in [0.5, 0.6) is 0 Å². The molecule has 0 bridgehead atoms. The minimum absolute atomic E-state index is 0. The van der Waals surface area contributed by atoms with E-state index >= 15 is 0 Å². The Kier molecular flexibility index (Phi) is 6.90. The summed E-state index contributed by atoms with van der Waals surface area (Å²) < 4.78 is 5.03. The standard InChI is InChI=1S/C7H15NO3.H3P/c9-3-1-8(2-4-10)5-7-6-11-7;/h7,9-10H,1-6H2;1H3. The Morgan fingerprint density at radius 1 is 1.25 bits per heavy atom. The largest absolute Gasteiger partial charge is 0.395 e. The first-order valence-corrected chi connectivity index (χ1v) is 3.92. The predicted octanol–water partition coefficient (Wildman–Crippen LogP) is -1.27. The van der Waals surface area contributed by atoms with Crippen LogP contribution in [0.2, 0.25) is 0 Å². The van der Waals surface area contributed by atoms with Gasteiger partial charge in [0.05, 0.1) is 25.9 Å². The lowest BCUT2D eigenvalue weighted by molar-refractivity contribution is 0.152. The highest BCUT2D eigenvalue weighted by Gasteiger charge is 2.24. The van der Waals surface area contributed by atoms with Gasteiger partial charge in [-0.3, -0.25) is 4.90 Å². The molecule has 1 aliphatic rings. The monoisotopic (exact) mass is 195 g/mol. The van der Waals surface area contributed by atoms with E-state index < -0.39 is 0 Å². The molecule has 1 saturated heterocycles. The molecule has 0 aliphatic carbocycles. The summed E-state index contributed by atoms with van der Waals surface area (Å²) in [4.78, 5) is 2.00. The zero-order valence-corrected chi connectivity index (χ0v) is 8.69. The zero-order valence-electron chi connectivity index (χ0n) is 7.28. The third-order valence-electron chi connectivity index (χ3n) is 1.70. The number of epoxide rings is 1. The summed E-state index contributed by atoms with van der Waals surface area (Å²) in [6, 6.07) is 0. The van der Waals surface area contributed by atoms with Crippen LogP contribution in [-0.4, -0.2) is 60.7 Å². The Morgan fingerprint density at radius 3 is 2.08 bits per heavy atom. The van der Waals surface area contributed by atoms with Gasteiger partial charge in [0.1, 0.15) is 0 Å². The molecule has 4 nitrogen and oxygen atoms in total. The van der Waals surface area contributed by atoms with Gasteiger partial charge in [0.15, 0.2) is 0 Å². The SMILES string of the molecule is OCCN(CCO)CC1CO1.P. The normalized spacial score (nSPS) is 20.8. The molecular formula is C7H18NO3P. The highest BCUT2D eigenvalue weighted by atomic mass is 31.0. The van der Waals surface area contributed by atoms with Crippen molar-refractivity contribution in [1.82, 2.24) is 4.90 Å². The second kappa shape index (κ2) is 6.75. The molecule has 0 saturated carbocycles. The van der Waals surface area contributed by atoms with Crippen molar-refractivity contribution in [3.63, 3.8) is 0 Å². The van der Waals surface area contributed by atoms with Crippen LogP contribution in [-0.2, 0) is 4.74 Å². The van der Waals surface area contributed by atoms with E-state index in [1.807, 2.05) is 4.90 Å². The first-order valence-electron chi connectivity index (χ1n) is 3.92. The predicted molar refractivity (Wildman–Crippen MR) is 51.5 cm³/mol. The van der Waals surface area contributed by atoms with E-state index in [1.54, 1.807) is 0 Å². The van der Waals surface area contributed by atoms with Crippen LogP contribution in [0.25, 0.3) is 0 Å². The van der Waals surface area contributed by atoms with Crippen molar-refractivity contribution in [2.24, 2.45) is 0 Å². The van der Waals surface area contributed by atoms with Crippen molar-refractivity contribution in [3.05, 3.63) is 0 Å². The lowest BCUT2D eigenvalue weighted by atomic mass is 10.4. The van der Waals surface area contributed by atoms with Gasteiger partial charge in [0.2, 0.25) is 0 Å². The second-order valence-electron chi connectivity index (χ2n) is 2.70. The summed E-state index contributed by atoms with van der Waals surface area (Å²) in [5.41, 5.74) is 0. The average molecular weight is 195 g/mol. The summed E-state index contributed by atoms with van der Waals surface area (Å²) in [5.74, 6) is 0. The van der Waals surface area contributed by atoms with E-state index in [1.165, 1.54) is 0 Å². The van der Waals surface area contributed by atoms with Gasteiger partial charge in [-0.15, -0.1) is 0 Å². The van der Waals surface area contributed by atoms with E-state index in [9.17, 15) is 0 Å². The van der Waals surface area contributed by atoms with E-state index in [2.05, 4.69) is 0 Å². The summed E-state index contributed by atoms with van der Waals surface area (Å²) >= 11 is 0. The second-order valence-corrected chi connectivity index (χ2v) is 2.70. The lowest BCUT2D eigenvalue weighted by Crippen LogP contribution is -2.33. The highest BCUT2D eigenvalue weighted by Crippen LogP contribution is 2.09. The fraction of sp³-hybridized carbons (Fsp3) is 1.00. The Balaban J connectivity index is 0.00000121. The maximum Gasteiger partial charge on any atom is 0.0936 e. The molecule has 2 unspecified atom stereocenters. The van der Waals surface area contributed by atoms with Crippen LogP contribution in [0, 0.1) is 0 Å². The first kappa shape index (κ1) is 12.3. The van der Waals surface area contributed by atoms with Crippen molar-refractivity contribution >= 4 is 9.90 Å². The number of aliphatic hydroxyl groups excluding tert-OH is 2. The number of aliphatic hydroxyl groups is 2. The Morgan fingerprint density at radius 2 is 1.75 bits per heavy atom. The number of nitrogens with zero attached hydrogens (tertiary/aromatic N) is 1. The third-order valence-corrected chi connectivity index (χ3v) is 1.70. The molecule has 1 rings (SSSR count). The molecule has 0 aromatic heterocycles. The summed E-state index contributed by atoms with van der Waals surface area (Å²) in [5, 5.41) is 17.3. The van der Waals surface area contributed by atoms with Gasteiger partial charge in [-0.1, -0.05) is 0 Å². The fourth-order valence-electron chi connectivity index (χ4n) is 1.04. The number of hydrogen-bond acceptors (Lipinski definition) is 4. The smallest absolute Gasteiger partial charge is 0.0936 e. The summed E-state index contributed by atoms with van der Waals surface area (Å²) in [7, 11) is 0. The maximum absolute atomic E-state index is 8.63. The Bertz CT molecular complexity index is 105. The van der Waals surface area contributed by atoms with Gasteiger partial charge < -0.3 is 14.9 Å². The molecular weight excluding hydrogens is 177 g/mol. The minimum atomic E-state index is 0. The summed E-state index contributed by atoms with van der Waals surface area (Å²) in [6.45, 7) is 3.20. The van der Waals surface area contributed by atoms with Crippen LogP contribution >= 0.6 is 9.90 Å². The maximum atomic E-state index is 8.63. The molecule has 5 heteroatoms. The van der Waals surface area contributed by atoms with Crippen molar-refractivity contribution in [1.29, 1.82) is 0 Å². The van der Waals surface area contributed by atoms with Gasteiger partial charge in [-0.2, -0.15) is 9.90 Å². The van der Waals surface area contributed by atoms with Crippen LogP contribution < -0.4 is 0 Å². The van der Waals surface area contributed by atoms with Gasteiger partial charge in [-0.25, -0.2) is 0 Å². The van der Waals surface area contributed by atoms with Crippen LogP contribution in [0.3, 0.4) is 0 Å². The average Bonchev–Trinajstić information content (AvgIpc) is 2.73. The van der Waals surface area contributed by atoms with Crippen molar-refractivity contribution in [3.8, 4) is 0 Å². The van der Waals surface area contributed by atoms with Crippen LogP contribution in [0.1, 0.15) is 0 Å². The third kappa shape index (κ3) is 5.01. The Labute approximate surface area is 76.1 Å². The van der Waals surface area contributed by atoms with Gasteiger partial charge in [0.25, 0.3) is 0 Å². The number of hydrogen-bond donors (Lipinski definition) is 2. The van der Waals surface area contributed by atoms with Crippen molar-refractivity contribution in [2.75, 3.05) is 39.5 Å². The zero-order chi connectivity index (χ0) is 8.10. The van der Waals surface area contributed by atoms with Crippen LogP contribution in [0.4, 0.5) is 0 Å². The molecule has 1 fully saturated rings. The highest BCUT2D eigenvalue weighted by molar-refractivity contribution is 6.92. The van der Waals surface area contributed by atoms with Gasteiger partial charge in [-0.05, 0) is 0 Å². The molecule has 2 N–H and O–H groups in total. The molecule has 1 aliphatic heterocycles. The molecule has 0 aromatic carbocycles. The van der Waals surface area contributed by atoms with E-state index in [0.29, 0.717) is 19.2 Å². The van der Waals surface area contributed by atoms with Crippen molar-refractivity contribution < 1.29 is 14.9 Å². The molecule has 0 amide bonds. The topological polar surface area (TPSA) is 56.2 Å². The molecule has 1 heterocycles. The molecule has 0 aromatic rings. The van der Waals surface area contributed by atoms with E-state index in [4.69, 9.17) is 14.9 Å². The Hall–Kier alpha value is 0.270. The molecule has 74 valence electrons.